The van der Waals surface area contributed by atoms with E-state index >= 15 is 0 Å². The Balaban J connectivity index is 1.26. The quantitative estimate of drug-likeness (QED) is 0.679. The predicted octanol–water partition coefficient (Wildman–Crippen LogP) is 1.73. The van der Waals surface area contributed by atoms with E-state index in [2.05, 4.69) is 20.1 Å². The maximum absolute atomic E-state index is 13.8. The number of carbonyl (C=O) groups is 1. The van der Waals surface area contributed by atoms with Crippen LogP contribution in [0.5, 0.6) is 0 Å². The first kappa shape index (κ1) is 19.4. The van der Waals surface area contributed by atoms with Crippen LogP contribution in [0.2, 0.25) is 0 Å². The first-order chi connectivity index (χ1) is 15.0. The number of fused-ring (bicyclic) bond motifs is 1. The second-order valence-corrected chi connectivity index (χ2v) is 7.96. The van der Waals surface area contributed by atoms with Gasteiger partial charge in [0.05, 0.1) is 5.69 Å². The number of nitrogens with one attached hydrogen (secondary N) is 1. The van der Waals surface area contributed by atoms with Gasteiger partial charge in [-0.15, -0.1) is 0 Å². The summed E-state index contributed by atoms with van der Waals surface area (Å²) in [7, 11) is 0. The molecule has 2 saturated heterocycles. The first-order valence-electron chi connectivity index (χ1n) is 10.2. The number of pyridine rings is 1. The number of hydrogen-bond acceptors (Lipinski definition) is 7. The Morgan fingerprint density at radius 2 is 2.06 bits per heavy atom. The van der Waals surface area contributed by atoms with Crippen molar-refractivity contribution in [3.63, 3.8) is 0 Å². The zero-order valence-electron chi connectivity index (χ0n) is 16.9. The number of aromatic amines is 1. The van der Waals surface area contributed by atoms with Crippen LogP contribution in [0.4, 0.5) is 10.3 Å². The van der Waals surface area contributed by atoms with Crippen molar-refractivity contribution in [2.75, 3.05) is 31.1 Å². The molecule has 31 heavy (non-hydrogen) atoms. The molecule has 2 aliphatic rings. The van der Waals surface area contributed by atoms with Gasteiger partial charge < -0.3 is 14.3 Å². The largest absolute Gasteiger partial charge is 0.355 e. The lowest BCUT2D eigenvalue weighted by molar-refractivity contribution is 0.0772. The number of likely N-dealkylation sites (tertiary alicyclic amines) is 1. The van der Waals surface area contributed by atoms with Gasteiger partial charge in [0.2, 0.25) is 11.8 Å². The van der Waals surface area contributed by atoms with Crippen LogP contribution < -0.4 is 10.5 Å². The van der Waals surface area contributed by atoms with E-state index in [-0.39, 0.29) is 29.1 Å². The molecule has 0 aliphatic carbocycles. The van der Waals surface area contributed by atoms with E-state index in [9.17, 15) is 14.0 Å². The van der Waals surface area contributed by atoms with E-state index < -0.39 is 11.4 Å². The molecular weight excluding hydrogens is 403 g/mol. The summed E-state index contributed by atoms with van der Waals surface area (Å²) in [4.78, 5) is 39.4. The molecule has 2 fully saturated rings. The van der Waals surface area contributed by atoms with Crippen LogP contribution in [-0.2, 0) is 6.42 Å². The molecule has 3 aromatic heterocycles. The predicted molar refractivity (Wildman–Crippen MR) is 109 cm³/mol. The Hall–Kier alpha value is -3.56. The van der Waals surface area contributed by atoms with E-state index in [0.29, 0.717) is 44.3 Å². The number of aromatic nitrogens is 4. The summed E-state index contributed by atoms with van der Waals surface area (Å²) in [6.07, 6.45) is 3.67. The molecule has 9 nitrogen and oxygen atoms in total. The zero-order valence-corrected chi connectivity index (χ0v) is 16.9. The van der Waals surface area contributed by atoms with Gasteiger partial charge in [0.1, 0.15) is 0 Å². The number of amides is 1. The van der Waals surface area contributed by atoms with Gasteiger partial charge in [-0.05, 0) is 18.6 Å². The lowest BCUT2D eigenvalue weighted by Gasteiger charge is -2.21. The van der Waals surface area contributed by atoms with Crippen molar-refractivity contribution in [3.05, 3.63) is 58.2 Å². The van der Waals surface area contributed by atoms with E-state index in [1.165, 1.54) is 0 Å². The number of aryl methyl sites for hydroxylation is 1. The van der Waals surface area contributed by atoms with E-state index in [0.717, 1.165) is 5.56 Å². The summed E-state index contributed by atoms with van der Waals surface area (Å²) in [5.74, 6) is 0.401. The third-order valence-corrected chi connectivity index (χ3v) is 6.00. The Bertz CT molecular complexity index is 1160. The number of halogens is 1. The van der Waals surface area contributed by atoms with E-state index in [1.54, 1.807) is 36.4 Å². The number of carbonyl (C=O) groups excluding carboxylic acids is 1. The third kappa shape index (κ3) is 3.47. The van der Waals surface area contributed by atoms with Crippen molar-refractivity contribution >= 4 is 11.9 Å². The molecule has 2 unspecified atom stereocenters. The van der Waals surface area contributed by atoms with Gasteiger partial charge in [-0.3, -0.25) is 19.6 Å². The van der Waals surface area contributed by atoms with Gasteiger partial charge in [0.25, 0.3) is 11.5 Å². The summed E-state index contributed by atoms with van der Waals surface area (Å²) in [6.45, 7) is 4.22. The average molecular weight is 424 g/mol. The second-order valence-electron chi connectivity index (χ2n) is 7.96. The molecule has 0 aromatic carbocycles. The lowest BCUT2D eigenvalue weighted by atomic mass is 10.0. The van der Waals surface area contributed by atoms with Crippen LogP contribution in [0.1, 0.15) is 23.1 Å². The molecule has 1 N–H and O–H groups in total. The smallest absolute Gasteiger partial charge is 0.288 e. The molecule has 0 bridgehead atoms. The fraction of sp³-hybridized carbons (Fsp3) is 0.381. The molecule has 5 rings (SSSR count). The Kier molecular flexibility index (Phi) is 4.76. The summed E-state index contributed by atoms with van der Waals surface area (Å²) in [6, 6.07) is 5.27. The molecule has 1 amide bonds. The Morgan fingerprint density at radius 3 is 2.74 bits per heavy atom. The van der Waals surface area contributed by atoms with Crippen molar-refractivity contribution in [2.24, 2.45) is 11.8 Å². The van der Waals surface area contributed by atoms with E-state index in [1.807, 2.05) is 11.0 Å². The van der Waals surface area contributed by atoms with Crippen LogP contribution in [-0.4, -0.2) is 57.1 Å². The minimum absolute atomic E-state index is 0.165. The fourth-order valence-corrected chi connectivity index (χ4v) is 4.39. The van der Waals surface area contributed by atoms with Gasteiger partial charge in [-0.2, -0.15) is 4.39 Å². The first-order valence-corrected chi connectivity index (χ1v) is 10.2. The highest BCUT2D eigenvalue weighted by Crippen LogP contribution is 2.33. The van der Waals surface area contributed by atoms with Crippen molar-refractivity contribution in [3.8, 4) is 11.3 Å². The summed E-state index contributed by atoms with van der Waals surface area (Å²) >= 11 is 0. The molecule has 0 saturated carbocycles. The van der Waals surface area contributed by atoms with Crippen molar-refractivity contribution in [2.45, 2.75) is 13.3 Å². The highest BCUT2D eigenvalue weighted by atomic mass is 19.1. The number of anilines is 1. The molecule has 2 aliphatic heterocycles. The second kappa shape index (κ2) is 7.60. The van der Waals surface area contributed by atoms with Gasteiger partial charge in [-0.1, -0.05) is 12.1 Å². The van der Waals surface area contributed by atoms with Crippen molar-refractivity contribution in [1.29, 1.82) is 0 Å². The average Bonchev–Trinajstić information content (AvgIpc) is 3.51. The standard InChI is InChI=1S/C21H21FN6O3/c1-2-15-18(22)19(29)25-21(24-15)28-10-13-8-27(9-14(13)11-28)20(30)16-6-17(31-26-16)12-4-3-5-23-7-12/h3-7,13-14H,2,8-11H2,1H3,(H,24,25,29). The molecule has 2 atom stereocenters. The number of H-pyrrole nitrogens is 1. The third-order valence-electron chi connectivity index (χ3n) is 6.00. The van der Waals surface area contributed by atoms with Crippen LogP contribution >= 0.6 is 0 Å². The highest BCUT2D eigenvalue weighted by Gasteiger charge is 2.43. The highest BCUT2D eigenvalue weighted by molar-refractivity contribution is 5.93. The van der Waals surface area contributed by atoms with Crippen molar-refractivity contribution in [1.82, 2.24) is 25.0 Å². The fourth-order valence-electron chi connectivity index (χ4n) is 4.39. The molecule has 3 aromatic rings. The molecule has 10 heteroatoms. The Morgan fingerprint density at radius 1 is 1.29 bits per heavy atom. The van der Waals surface area contributed by atoms with Crippen LogP contribution in [0.15, 0.2) is 39.9 Å². The summed E-state index contributed by atoms with van der Waals surface area (Å²) < 4.78 is 19.1. The molecule has 160 valence electrons. The SMILES string of the molecule is CCc1nc(N2CC3CN(C(=O)c4cc(-c5cccnc5)on4)CC3C2)[nH]c(=O)c1F. The molecule has 5 heterocycles. The van der Waals surface area contributed by atoms with E-state index in [4.69, 9.17) is 4.52 Å². The van der Waals surface area contributed by atoms with Gasteiger partial charge >= 0.3 is 0 Å². The normalized spacial score (nSPS) is 20.3. The number of hydrogen-bond donors (Lipinski definition) is 1. The van der Waals surface area contributed by atoms with Gasteiger partial charge in [0.15, 0.2) is 11.5 Å². The zero-order chi connectivity index (χ0) is 21.5. The van der Waals surface area contributed by atoms with Crippen LogP contribution in [0.25, 0.3) is 11.3 Å². The summed E-state index contributed by atoms with van der Waals surface area (Å²) in [5, 5.41) is 3.94. The lowest BCUT2D eigenvalue weighted by Crippen LogP contribution is -2.34. The monoisotopic (exact) mass is 424 g/mol. The van der Waals surface area contributed by atoms with Crippen LogP contribution in [0, 0.1) is 17.7 Å². The van der Waals surface area contributed by atoms with Gasteiger partial charge in [-0.25, -0.2) is 4.98 Å². The number of rotatable bonds is 4. The van der Waals surface area contributed by atoms with Crippen LogP contribution in [0.3, 0.4) is 0 Å². The molecule has 0 spiro atoms. The molecule has 0 radical (unpaired) electrons. The minimum atomic E-state index is -0.819. The maximum atomic E-state index is 13.8. The number of nitrogens with zero attached hydrogens (tertiary/aromatic N) is 5. The maximum Gasteiger partial charge on any atom is 0.288 e. The topological polar surface area (TPSA) is 108 Å². The van der Waals surface area contributed by atoms with Crippen molar-refractivity contribution < 1.29 is 13.7 Å². The summed E-state index contributed by atoms with van der Waals surface area (Å²) in [5.41, 5.74) is 0.456. The minimum Gasteiger partial charge on any atom is -0.355 e. The van der Waals surface area contributed by atoms with Gasteiger partial charge in [0, 0.05) is 62.0 Å². The Labute approximate surface area is 176 Å². The molecular formula is C21H21FN6O3.